The zero-order valence-corrected chi connectivity index (χ0v) is 14.9. The van der Waals surface area contributed by atoms with Gasteiger partial charge in [-0.3, -0.25) is 9.59 Å². The van der Waals surface area contributed by atoms with E-state index in [1.165, 1.54) is 44.9 Å². The summed E-state index contributed by atoms with van der Waals surface area (Å²) in [7, 11) is 0. The van der Waals surface area contributed by atoms with Gasteiger partial charge in [0, 0.05) is 18.4 Å². The standard InChI is InChI=1S/C19H36N2O2/c1-2-3-4-5-6-7-8-9-10-14-18(22)21-17-13-11-12-16(15-17)19(20)23/h16-17H,2-15H2,1H3,(H2,20,23)(H,21,22). The minimum absolute atomic E-state index is 0.0539. The normalized spacial score (nSPS) is 21.1. The Hall–Kier alpha value is -1.06. The molecule has 0 heterocycles. The molecule has 0 bridgehead atoms. The Labute approximate surface area is 142 Å². The zero-order valence-electron chi connectivity index (χ0n) is 14.9. The number of hydrogen-bond acceptors (Lipinski definition) is 2. The lowest BCUT2D eigenvalue weighted by molar-refractivity contribution is -0.125. The molecule has 0 aromatic carbocycles. The topological polar surface area (TPSA) is 72.2 Å². The van der Waals surface area contributed by atoms with Crippen LogP contribution < -0.4 is 11.1 Å². The summed E-state index contributed by atoms with van der Waals surface area (Å²) in [4.78, 5) is 23.2. The Balaban J connectivity index is 1.99. The van der Waals surface area contributed by atoms with Crippen molar-refractivity contribution < 1.29 is 9.59 Å². The summed E-state index contributed by atoms with van der Waals surface area (Å²) in [6, 6.07) is 0.146. The molecule has 134 valence electrons. The molecule has 2 unspecified atom stereocenters. The van der Waals surface area contributed by atoms with Gasteiger partial charge in [-0.1, -0.05) is 64.7 Å². The Bertz CT molecular complexity index is 344. The number of carbonyl (C=O) groups is 2. The van der Waals surface area contributed by atoms with Crippen molar-refractivity contribution in [3.63, 3.8) is 0 Å². The highest BCUT2D eigenvalue weighted by Gasteiger charge is 2.26. The second kappa shape index (κ2) is 12.4. The van der Waals surface area contributed by atoms with Crippen LogP contribution in [0, 0.1) is 5.92 Å². The van der Waals surface area contributed by atoms with E-state index in [4.69, 9.17) is 5.73 Å². The van der Waals surface area contributed by atoms with E-state index in [0.29, 0.717) is 6.42 Å². The predicted octanol–water partition coefficient (Wildman–Crippen LogP) is 4.07. The number of unbranched alkanes of at least 4 members (excludes halogenated alkanes) is 8. The van der Waals surface area contributed by atoms with E-state index in [1.807, 2.05) is 0 Å². The van der Waals surface area contributed by atoms with Gasteiger partial charge in [-0.05, 0) is 25.7 Å². The van der Waals surface area contributed by atoms with E-state index < -0.39 is 0 Å². The monoisotopic (exact) mass is 324 g/mol. The molecule has 1 fully saturated rings. The van der Waals surface area contributed by atoms with Crippen molar-refractivity contribution in [2.75, 3.05) is 0 Å². The predicted molar refractivity (Wildman–Crippen MR) is 94.9 cm³/mol. The molecule has 1 rings (SSSR count). The minimum Gasteiger partial charge on any atom is -0.369 e. The minimum atomic E-state index is -0.220. The third kappa shape index (κ3) is 9.62. The molecule has 0 spiro atoms. The zero-order chi connectivity index (χ0) is 16.9. The largest absolute Gasteiger partial charge is 0.369 e. The van der Waals surface area contributed by atoms with Crippen molar-refractivity contribution in [1.29, 1.82) is 0 Å². The van der Waals surface area contributed by atoms with Crippen LogP contribution in [0.1, 0.15) is 96.8 Å². The third-order valence-electron chi connectivity index (χ3n) is 4.95. The fourth-order valence-electron chi connectivity index (χ4n) is 3.48. The van der Waals surface area contributed by atoms with Crippen molar-refractivity contribution in [1.82, 2.24) is 5.32 Å². The molecule has 2 atom stereocenters. The van der Waals surface area contributed by atoms with Crippen LogP contribution in [0.3, 0.4) is 0 Å². The lowest BCUT2D eigenvalue weighted by Gasteiger charge is -2.27. The molecule has 4 heteroatoms. The molecule has 3 N–H and O–H groups in total. The first-order valence-corrected chi connectivity index (χ1v) is 9.72. The highest BCUT2D eigenvalue weighted by Crippen LogP contribution is 2.24. The van der Waals surface area contributed by atoms with Gasteiger partial charge in [0.05, 0.1) is 0 Å². The number of primary amides is 1. The van der Waals surface area contributed by atoms with Gasteiger partial charge in [0.2, 0.25) is 11.8 Å². The van der Waals surface area contributed by atoms with Gasteiger partial charge >= 0.3 is 0 Å². The van der Waals surface area contributed by atoms with E-state index in [-0.39, 0.29) is 23.8 Å². The molecule has 0 aliphatic heterocycles. The first kappa shape index (κ1) is 20.0. The highest BCUT2D eigenvalue weighted by molar-refractivity contribution is 5.78. The third-order valence-corrected chi connectivity index (χ3v) is 4.95. The van der Waals surface area contributed by atoms with E-state index >= 15 is 0 Å². The molecule has 2 amide bonds. The Kier molecular flexibility index (Phi) is 10.8. The van der Waals surface area contributed by atoms with Crippen LogP contribution in [0.4, 0.5) is 0 Å². The molecule has 1 aliphatic rings. The fraction of sp³-hybridized carbons (Fsp3) is 0.895. The summed E-state index contributed by atoms with van der Waals surface area (Å²) in [5.41, 5.74) is 5.37. The van der Waals surface area contributed by atoms with Gasteiger partial charge in [-0.25, -0.2) is 0 Å². The summed E-state index contributed by atoms with van der Waals surface area (Å²) in [5.74, 6) is -0.132. The molecule has 0 aromatic rings. The van der Waals surface area contributed by atoms with Crippen molar-refractivity contribution in [2.24, 2.45) is 11.7 Å². The fourth-order valence-corrected chi connectivity index (χ4v) is 3.48. The number of nitrogens with one attached hydrogen (secondary N) is 1. The molecule has 0 aromatic heterocycles. The molecule has 23 heavy (non-hydrogen) atoms. The second-order valence-corrected chi connectivity index (χ2v) is 7.11. The lowest BCUT2D eigenvalue weighted by Crippen LogP contribution is -2.41. The summed E-state index contributed by atoms with van der Waals surface area (Å²) in [6.45, 7) is 2.24. The molecular weight excluding hydrogens is 288 g/mol. The maximum Gasteiger partial charge on any atom is 0.220 e. The van der Waals surface area contributed by atoms with E-state index in [1.54, 1.807) is 0 Å². The number of amides is 2. The van der Waals surface area contributed by atoms with Gasteiger partial charge in [0.1, 0.15) is 0 Å². The van der Waals surface area contributed by atoms with Crippen molar-refractivity contribution >= 4 is 11.8 Å². The van der Waals surface area contributed by atoms with Crippen LogP contribution in [0.5, 0.6) is 0 Å². The first-order valence-electron chi connectivity index (χ1n) is 9.72. The molecule has 0 saturated heterocycles. The average molecular weight is 325 g/mol. The Morgan fingerprint density at radius 3 is 2.17 bits per heavy atom. The number of carbonyl (C=O) groups excluding carboxylic acids is 2. The summed E-state index contributed by atoms with van der Waals surface area (Å²) < 4.78 is 0. The second-order valence-electron chi connectivity index (χ2n) is 7.11. The Morgan fingerprint density at radius 1 is 0.957 bits per heavy atom. The van der Waals surface area contributed by atoms with Crippen molar-refractivity contribution in [3.8, 4) is 0 Å². The average Bonchev–Trinajstić information content (AvgIpc) is 2.53. The molecule has 4 nitrogen and oxygen atoms in total. The smallest absolute Gasteiger partial charge is 0.220 e. The van der Waals surface area contributed by atoms with Crippen molar-refractivity contribution in [2.45, 2.75) is 103 Å². The van der Waals surface area contributed by atoms with Crippen molar-refractivity contribution in [3.05, 3.63) is 0 Å². The molecule has 0 radical (unpaired) electrons. The Morgan fingerprint density at radius 2 is 1.57 bits per heavy atom. The van der Waals surface area contributed by atoms with Crippen LogP contribution in [-0.2, 0) is 9.59 Å². The van der Waals surface area contributed by atoms with Crippen LogP contribution in [0.2, 0.25) is 0 Å². The van der Waals surface area contributed by atoms with Crippen LogP contribution in [-0.4, -0.2) is 17.9 Å². The SMILES string of the molecule is CCCCCCCCCCCC(=O)NC1CCCC(C(N)=O)C1. The number of rotatable bonds is 12. The highest BCUT2D eigenvalue weighted by atomic mass is 16.2. The van der Waals surface area contributed by atoms with Crippen LogP contribution in [0.25, 0.3) is 0 Å². The summed E-state index contributed by atoms with van der Waals surface area (Å²) >= 11 is 0. The molecule has 1 saturated carbocycles. The maximum absolute atomic E-state index is 12.0. The summed E-state index contributed by atoms with van der Waals surface area (Å²) in [6.07, 6.45) is 15.6. The van der Waals surface area contributed by atoms with Gasteiger partial charge in [-0.15, -0.1) is 0 Å². The molecular formula is C19H36N2O2. The van der Waals surface area contributed by atoms with Crippen LogP contribution >= 0.6 is 0 Å². The van der Waals surface area contributed by atoms with Gasteiger partial charge < -0.3 is 11.1 Å². The number of nitrogens with two attached hydrogens (primary N) is 1. The maximum atomic E-state index is 12.0. The summed E-state index contributed by atoms with van der Waals surface area (Å²) in [5, 5.41) is 3.08. The van der Waals surface area contributed by atoms with Gasteiger partial charge in [-0.2, -0.15) is 0 Å². The molecule has 1 aliphatic carbocycles. The van der Waals surface area contributed by atoms with Gasteiger partial charge in [0.15, 0.2) is 0 Å². The number of hydrogen-bond donors (Lipinski definition) is 2. The van der Waals surface area contributed by atoms with Gasteiger partial charge in [0.25, 0.3) is 0 Å². The van der Waals surface area contributed by atoms with E-state index in [9.17, 15) is 9.59 Å². The van der Waals surface area contributed by atoms with Crippen LogP contribution in [0.15, 0.2) is 0 Å². The first-order chi connectivity index (χ1) is 11.1. The van der Waals surface area contributed by atoms with E-state index in [2.05, 4.69) is 12.2 Å². The lowest BCUT2D eigenvalue weighted by atomic mass is 9.85. The quantitative estimate of drug-likeness (QED) is 0.531. The van der Waals surface area contributed by atoms with E-state index in [0.717, 1.165) is 38.5 Å².